The first kappa shape index (κ1) is 20.5. The number of carbonyl (C=O) groups excluding carboxylic acids is 2. The maximum atomic E-state index is 12.0. The first-order valence-electron chi connectivity index (χ1n) is 9.48. The number of morpholine rings is 1. The molecule has 1 aromatic carbocycles. The van der Waals surface area contributed by atoms with E-state index in [9.17, 15) is 9.59 Å². The lowest BCUT2D eigenvalue weighted by atomic mass is 10.2. The normalized spacial score (nSPS) is 13.6. The van der Waals surface area contributed by atoms with Gasteiger partial charge < -0.3 is 25.0 Å². The fraction of sp³-hybridized carbons (Fsp3) is 0.400. The standard InChI is InChI=1S/C20H25N5O4/c1-15-11-18(25-7-9-28-10-8-25)24-17(23-15)12-21-19(26)13-22-20(27)29-14-16-5-3-2-4-6-16/h2-6,11H,7-10,12-14H2,1H3,(H,21,26)(H,22,27). The molecule has 1 saturated heterocycles. The third-order valence-corrected chi connectivity index (χ3v) is 4.27. The first-order valence-corrected chi connectivity index (χ1v) is 9.48. The summed E-state index contributed by atoms with van der Waals surface area (Å²) >= 11 is 0. The van der Waals surface area contributed by atoms with Crippen molar-refractivity contribution < 1.29 is 19.1 Å². The Balaban J connectivity index is 1.42. The van der Waals surface area contributed by atoms with E-state index in [4.69, 9.17) is 9.47 Å². The fourth-order valence-electron chi connectivity index (χ4n) is 2.81. The summed E-state index contributed by atoms with van der Waals surface area (Å²) in [6.45, 7) is 4.92. The smallest absolute Gasteiger partial charge is 0.407 e. The lowest BCUT2D eigenvalue weighted by molar-refractivity contribution is -0.120. The van der Waals surface area contributed by atoms with Crippen molar-refractivity contribution in [3.8, 4) is 0 Å². The highest BCUT2D eigenvalue weighted by atomic mass is 16.5. The Bertz CT molecular complexity index is 825. The first-order chi connectivity index (χ1) is 14.1. The highest BCUT2D eigenvalue weighted by Gasteiger charge is 2.14. The van der Waals surface area contributed by atoms with Crippen LogP contribution in [0.15, 0.2) is 36.4 Å². The Kier molecular flexibility index (Phi) is 7.34. The molecule has 3 rings (SSSR count). The highest BCUT2D eigenvalue weighted by molar-refractivity contribution is 5.82. The zero-order chi connectivity index (χ0) is 20.5. The van der Waals surface area contributed by atoms with Gasteiger partial charge in [0.05, 0.1) is 19.8 Å². The minimum absolute atomic E-state index is 0.149. The zero-order valence-corrected chi connectivity index (χ0v) is 16.4. The second kappa shape index (κ2) is 10.4. The van der Waals surface area contributed by atoms with Crippen molar-refractivity contribution in [3.05, 3.63) is 53.5 Å². The minimum Gasteiger partial charge on any atom is -0.445 e. The molecule has 0 spiro atoms. The molecule has 0 unspecified atom stereocenters. The number of ether oxygens (including phenoxy) is 2. The fourth-order valence-corrected chi connectivity index (χ4v) is 2.81. The molecule has 2 heterocycles. The largest absolute Gasteiger partial charge is 0.445 e. The second-order valence-electron chi connectivity index (χ2n) is 6.58. The lowest BCUT2D eigenvalue weighted by Crippen LogP contribution is -2.38. The predicted molar refractivity (Wildman–Crippen MR) is 106 cm³/mol. The summed E-state index contributed by atoms with van der Waals surface area (Å²) in [6, 6.07) is 11.2. The molecule has 2 aromatic rings. The Morgan fingerprint density at radius 2 is 1.90 bits per heavy atom. The summed E-state index contributed by atoms with van der Waals surface area (Å²) in [4.78, 5) is 34.7. The van der Waals surface area contributed by atoms with Gasteiger partial charge in [-0.3, -0.25) is 4.79 Å². The zero-order valence-electron chi connectivity index (χ0n) is 16.4. The van der Waals surface area contributed by atoms with E-state index in [1.54, 1.807) is 0 Å². The van der Waals surface area contributed by atoms with Gasteiger partial charge in [-0.15, -0.1) is 0 Å². The van der Waals surface area contributed by atoms with Gasteiger partial charge in [0.25, 0.3) is 0 Å². The number of benzene rings is 1. The van der Waals surface area contributed by atoms with E-state index in [1.165, 1.54) is 0 Å². The number of rotatable bonds is 7. The van der Waals surface area contributed by atoms with E-state index in [1.807, 2.05) is 43.3 Å². The van der Waals surface area contributed by atoms with Crippen molar-refractivity contribution in [1.82, 2.24) is 20.6 Å². The number of nitrogens with one attached hydrogen (secondary N) is 2. The van der Waals surface area contributed by atoms with Crippen LogP contribution in [0.4, 0.5) is 10.6 Å². The van der Waals surface area contributed by atoms with Crippen LogP contribution in [0.25, 0.3) is 0 Å². The van der Waals surface area contributed by atoms with E-state index in [0.717, 1.165) is 30.2 Å². The molecule has 1 aromatic heterocycles. The molecule has 0 atom stereocenters. The van der Waals surface area contributed by atoms with E-state index < -0.39 is 6.09 Å². The van der Waals surface area contributed by atoms with E-state index in [0.29, 0.717) is 19.0 Å². The minimum atomic E-state index is -0.648. The molecule has 29 heavy (non-hydrogen) atoms. The van der Waals surface area contributed by atoms with Gasteiger partial charge in [0.15, 0.2) is 0 Å². The Morgan fingerprint density at radius 3 is 2.66 bits per heavy atom. The van der Waals surface area contributed by atoms with Crippen LogP contribution in [0.5, 0.6) is 0 Å². The molecule has 154 valence electrons. The summed E-state index contributed by atoms with van der Waals surface area (Å²) in [6.07, 6.45) is -0.648. The monoisotopic (exact) mass is 399 g/mol. The number of nitrogens with zero attached hydrogens (tertiary/aromatic N) is 3. The van der Waals surface area contributed by atoms with Crippen LogP contribution in [0.3, 0.4) is 0 Å². The van der Waals surface area contributed by atoms with Gasteiger partial charge >= 0.3 is 6.09 Å². The SMILES string of the molecule is Cc1cc(N2CCOCC2)nc(CNC(=O)CNC(=O)OCc2ccccc2)n1. The van der Waals surface area contributed by atoms with Crippen LogP contribution in [-0.4, -0.2) is 54.8 Å². The van der Waals surface area contributed by atoms with Crippen LogP contribution in [0.2, 0.25) is 0 Å². The molecule has 0 saturated carbocycles. The van der Waals surface area contributed by atoms with Crippen LogP contribution < -0.4 is 15.5 Å². The van der Waals surface area contributed by atoms with Crippen molar-refractivity contribution in [3.63, 3.8) is 0 Å². The molecule has 2 N–H and O–H groups in total. The van der Waals surface area contributed by atoms with E-state index >= 15 is 0 Å². The molecule has 1 fully saturated rings. The number of hydrogen-bond acceptors (Lipinski definition) is 7. The third-order valence-electron chi connectivity index (χ3n) is 4.27. The van der Waals surface area contributed by atoms with Crippen molar-refractivity contribution in [2.75, 3.05) is 37.7 Å². The number of amides is 2. The number of aromatic nitrogens is 2. The molecule has 9 heteroatoms. The average molecular weight is 399 g/mol. The third kappa shape index (κ3) is 6.72. The Morgan fingerprint density at radius 1 is 1.14 bits per heavy atom. The van der Waals surface area contributed by atoms with Crippen LogP contribution in [0.1, 0.15) is 17.1 Å². The summed E-state index contributed by atoms with van der Waals surface area (Å²) in [5, 5.41) is 5.14. The van der Waals surface area contributed by atoms with Gasteiger partial charge in [-0.25, -0.2) is 14.8 Å². The topological polar surface area (TPSA) is 106 Å². The summed E-state index contributed by atoms with van der Waals surface area (Å²) < 4.78 is 10.4. The average Bonchev–Trinajstić information content (AvgIpc) is 2.76. The van der Waals surface area contributed by atoms with Crippen molar-refractivity contribution in [2.24, 2.45) is 0 Å². The van der Waals surface area contributed by atoms with Crippen LogP contribution >= 0.6 is 0 Å². The summed E-state index contributed by atoms with van der Waals surface area (Å²) in [5.74, 6) is 0.999. The Labute approximate surface area is 169 Å². The molecule has 0 aliphatic carbocycles. The molecule has 1 aliphatic heterocycles. The molecule has 0 radical (unpaired) electrons. The molecule has 9 nitrogen and oxygen atoms in total. The summed E-state index contributed by atoms with van der Waals surface area (Å²) in [7, 11) is 0. The number of aryl methyl sites for hydroxylation is 1. The highest BCUT2D eigenvalue weighted by Crippen LogP contribution is 2.14. The quantitative estimate of drug-likeness (QED) is 0.720. The molecule has 2 amide bonds. The van der Waals surface area contributed by atoms with Crippen molar-refractivity contribution >= 4 is 17.8 Å². The van der Waals surface area contributed by atoms with Crippen molar-refractivity contribution in [2.45, 2.75) is 20.1 Å². The Hall–Kier alpha value is -3.20. The van der Waals surface area contributed by atoms with Gasteiger partial charge in [0.1, 0.15) is 24.8 Å². The molecule has 1 aliphatic rings. The molecular weight excluding hydrogens is 374 g/mol. The van der Waals surface area contributed by atoms with Gasteiger partial charge in [-0.2, -0.15) is 0 Å². The molecule has 0 bridgehead atoms. The number of anilines is 1. The van der Waals surface area contributed by atoms with Gasteiger partial charge in [-0.1, -0.05) is 30.3 Å². The van der Waals surface area contributed by atoms with E-state index in [-0.39, 0.29) is 25.6 Å². The lowest BCUT2D eigenvalue weighted by Gasteiger charge is -2.28. The van der Waals surface area contributed by atoms with Gasteiger partial charge in [0, 0.05) is 24.8 Å². The van der Waals surface area contributed by atoms with Crippen LogP contribution in [0, 0.1) is 6.92 Å². The van der Waals surface area contributed by atoms with Crippen LogP contribution in [-0.2, 0) is 27.4 Å². The maximum absolute atomic E-state index is 12.0. The predicted octanol–water partition coefficient (Wildman–Crippen LogP) is 1.16. The summed E-state index contributed by atoms with van der Waals surface area (Å²) in [5.41, 5.74) is 1.70. The number of carbonyl (C=O) groups is 2. The maximum Gasteiger partial charge on any atom is 0.407 e. The van der Waals surface area contributed by atoms with E-state index in [2.05, 4.69) is 25.5 Å². The molecular formula is C20H25N5O4. The number of alkyl carbamates (subject to hydrolysis) is 1. The van der Waals surface area contributed by atoms with Crippen molar-refractivity contribution in [1.29, 1.82) is 0 Å². The van der Waals surface area contributed by atoms with Gasteiger partial charge in [-0.05, 0) is 12.5 Å². The van der Waals surface area contributed by atoms with Gasteiger partial charge in [0.2, 0.25) is 5.91 Å². The second-order valence-corrected chi connectivity index (χ2v) is 6.58. The number of hydrogen-bond donors (Lipinski definition) is 2.